The molecule has 0 saturated carbocycles. The molecule has 1 saturated heterocycles. The molecule has 0 radical (unpaired) electrons. The van der Waals surface area contributed by atoms with E-state index in [1.165, 1.54) is 30.6 Å². The molecule has 0 unspecified atom stereocenters. The van der Waals surface area contributed by atoms with E-state index in [4.69, 9.17) is 27.9 Å². The lowest BCUT2D eigenvalue weighted by Gasteiger charge is -2.21. The maximum Gasteiger partial charge on any atom is 0.255 e. The highest BCUT2D eigenvalue weighted by Crippen LogP contribution is 2.44. The molecule has 0 atom stereocenters. The lowest BCUT2D eigenvalue weighted by atomic mass is 10.1. The molecule has 0 aliphatic carbocycles. The van der Waals surface area contributed by atoms with Crippen molar-refractivity contribution >= 4 is 58.3 Å². The SMILES string of the molecule is COc1c(Cl)cc(C(=O)Nc2cccc(C3SCCCS3)c2)cc1Cl. The molecule has 1 heterocycles. The number of thioether (sulfide) groups is 2. The van der Waals surface area contributed by atoms with Gasteiger partial charge in [-0.1, -0.05) is 35.3 Å². The fraction of sp³-hybridized carbons (Fsp3) is 0.278. The molecule has 2 aromatic carbocycles. The Labute approximate surface area is 165 Å². The van der Waals surface area contributed by atoms with E-state index in [0.29, 0.717) is 25.9 Å². The largest absolute Gasteiger partial charge is 0.494 e. The van der Waals surface area contributed by atoms with Crippen molar-refractivity contribution < 1.29 is 9.53 Å². The van der Waals surface area contributed by atoms with Gasteiger partial charge in [-0.05, 0) is 47.8 Å². The van der Waals surface area contributed by atoms with Crippen LogP contribution in [0.3, 0.4) is 0 Å². The van der Waals surface area contributed by atoms with Crippen LogP contribution in [-0.4, -0.2) is 24.5 Å². The summed E-state index contributed by atoms with van der Waals surface area (Å²) < 4.78 is 5.54. The molecule has 0 bridgehead atoms. The van der Waals surface area contributed by atoms with E-state index in [1.807, 2.05) is 41.7 Å². The van der Waals surface area contributed by atoms with Gasteiger partial charge in [0.15, 0.2) is 5.75 Å². The van der Waals surface area contributed by atoms with Crippen LogP contribution in [0, 0.1) is 0 Å². The molecule has 3 rings (SSSR count). The van der Waals surface area contributed by atoms with Crippen LogP contribution in [0.1, 0.15) is 26.9 Å². The summed E-state index contributed by atoms with van der Waals surface area (Å²) in [6.45, 7) is 0. The summed E-state index contributed by atoms with van der Waals surface area (Å²) >= 11 is 16.1. The molecular weight excluding hydrogens is 397 g/mol. The Kier molecular flexibility index (Phi) is 6.44. The van der Waals surface area contributed by atoms with E-state index in [9.17, 15) is 4.79 Å². The molecular formula is C18H17Cl2NO2S2. The highest BCUT2D eigenvalue weighted by molar-refractivity contribution is 8.16. The van der Waals surface area contributed by atoms with Gasteiger partial charge in [-0.25, -0.2) is 0 Å². The minimum absolute atomic E-state index is 0.257. The fourth-order valence-corrected chi connectivity index (χ4v) is 6.05. The number of nitrogens with one attached hydrogen (secondary N) is 1. The van der Waals surface area contributed by atoms with Gasteiger partial charge in [0.1, 0.15) is 0 Å². The number of anilines is 1. The van der Waals surface area contributed by atoms with Crippen molar-refractivity contribution in [3.63, 3.8) is 0 Å². The maximum absolute atomic E-state index is 12.5. The molecule has 25 heavy (non-hydrogen) atoms. The summed E-state index contributed by atoms with van der Waals surface area (Å²) in [5.41, 5.74) is 2.37. The van der Waals surface area contributed by atoms with Crippen LogP contribution in [0.4, 0.5) is 5.69 Å². The fourth-order valence-electron chi connectivity index (χ4n) is 2.53. The summed E-state index contributed by atoms with van der Waals surface area (Å²) in [4.78, 5) is 12.5. The van der Waals surface area contributed by atoms with Crippen LogP contribution in [-0.2, 0) is 0 Å². The van der Waals surface area contributed by atoms with Gasteiger partial charge in [0.2, 0.25) is 0 Å². The minimum atomic E-state index is -0.257. The van der Waals surface area contributed by atoms with Crippen LogP contribution < -0.4 is 10.1 Å². The molecule has 132 valence electrons. The monoisotopic (exact) mass is 413 g/mol. The number of benzene rings is 2. The van der Waals surface area contributed by atoms with E-state index in [0.717, 1.165) is 5.69 Å². The van der Waals surface area contributed by atoms with Crippen molar-refractivity contribution in [2.75, 3.05) is 23.9 Å². The van der Waals surface area contributed by atoms with E-state index in [2.05, 4.69) is 11.4 Å². The summed E-state index contributed by atoms with van der Waals surface area (Å²) in [5.74, 6) is 2.47. The van der Waals surface area contributed by atoms with Crippen molar-refractivity contribution in [3.8, 4) is 5.75 Å². The summed E-state index contributed by atoms with van der Waals surface area (Å²) in [5, 5.41) is 3.53. The predicted octanol–water partition coefficient (Wildman–Crippen LogP) is 6.12. The van der Waals surface area contributed by atoms with E-state index in [1.54, 1.807) is 12.1 Å². The Morgan fingerprint density at radius 3 is 2.48 bits per heavy atom. The first-order valence-electron chi connectivity index (χ1n) is 7.76. The lowest BCUT2D eigenvalue weighted by molar-refractivity contribution is 0.102. The first-order chi connectivity index (χ1) is 12.1. The normalized spacial score (nSPS) is 15.0. The van der Waals surface area contributed by atoms with Gasteiger partial charge in [-0.15, -0.1) is 23.5 Å². The quantitative estimate of drug-likeness (QED) is 0.654. The number of amides is 1. The third-order valence-electron chi connectivity index (χ3n) is 3.71. The first-order valence-corrected chi connectivity index (χ1v) is 10.6. The molecule has 1 amide bonds. The molecule has 1 fully saturated rings. The molecule has 1 aliphatic rings. The van der Waals surface area contributed by atoms with Gasteiger partial charge in [-0.3, -0.25) is 4.79 Å². The van der Waals surface area contributed by atoms with Crippen molar-refractivity contribution in [3.05, 3.63) is 57.6 Å². The average molecular weight is 414 g/mol. The smallest absolute Gasteiger partial charge is 0.255 e. The van der Waals surface area contributed by atoms with Crippen LogP contribution in [0.2, 0.25) is 10.0 Å². The minimum Gasteiger partial charge on any atom is -0.494 e. The zero-order valence-electron chi connectivity index (χ0n) is 13.6. The van der Waals surface area contributed by atoms with Crippen LogP contribution in [0.5, 0.6) is 5.75 Å². The van der Waals surface area contributed by atoms with E-state index in [-0.39, 0.29) is 5.91 Å². The number of rotatable bonds is 4. The zero-order valence-corrected chi connectivity index (χ0v) is 16.7. The van der Waals surface area contributed by atoms with Gasteiger partial charge in [0.25, 0.3) is 5.91 Å². The van der Waals surface area contributed by atoms with Crippen LogP contribution in [0.25, 0.3) is 0 Å². The van der Waals surface area contributed by atoms with Crippen molar-refractivity contribution in [2.45, 2.75) is 11.0 Å². The highest BCUT2D eigenvalue weighted by atomic mass is 35.5. The topological polar surface area (TPSA) is 38.3 Å². The number of carbonyl (C=O) groups excluding carboxylic acids is 1. The summed E-state index contributed by atoms with van der Waals surface area (Å²) in [6, 6.07) is 11.1. The number of hydrogen-bond acceptors (Lipinski definition) is 4. The number of carbonyl (C=O) groups is 1. The third-order valence-corrected chi connectivity index (χ3v) is 7.28. The Bertz CT molecular complexity index is 756. The van der Waals surface area contributed by atoms with Gasteiger partial charge in [-0.2, -0.15) is 0 Å². The second-order valence-electron chi connectivity index (χ2n) is 5.48. The van der Waals surface area contributed by atoms with Crippen molar-refractivity contribution in [1.29, 1.82) is 0 Å². The van der Waals surface area contributed by atoms with Gasteiger partial charge < -0.3 is 10.1 Å². The Balaban J connectivity index is 1.77. The molecule has 1 N–H and O–H groups in total. The molecule has 7 heteroatoms. The Morgan fingerprint density at radius 2 is 1.84 bits per heavy atom. The third kappa shape index (κ3) is 4.59. The molecule has 0 spiro atoms. The molecule has 2 aromatic rings. The van der Waals surface area contributed by atoms with Gasteiger partial charge in [0.05, 0.1) is 21.7 Å². The van der Waals surface area contributed by atoms with Crippen molar-refractivity contribution in [2.24, 2.45) is 0 Å². The van der Waals surface area contributed by atoms with Gasteiger partial charge in [0, 0.05) is 11.3 Å². The number of methoxy groups -OCH3 is 1. The number of hydrogen-bond donors (Lipinski definition) is 1. The van der Waals surface area contributed by atoms with Crippen molar-refractivity contribution in [1.82, 2.24) is 0 Å². The predicted molar refractivity (Wildman–Crippen MR) is 110 cm³/mol. The first kappa shape index (κ1) is 18.8. The number of ether oxygens (including phenoxy) is 1. The Morgan fingerprint density at radius 1 is 1.16 bits per heavy atom. The second-order valence-corrected chi connectivity index (χ2v) is 9.02. The number of halogens is 2. The zero-order chi connectivity index (χ0) is 17.8. The standard InChI is InChI=1S/C18H17Cl2NO2S2/c1-23-16-14(19)9-12(10-15(16)20)17(22)21-13-5-2-4-11(8-13)18-24-6-3-7-25-18/h2,4-5,8-10,18H,3,6-7H2,1H3,(H,21,22). The van der Waals surface area contributed by atoms with Gasteiger partial charge >= 0.3 is 0 Å². The van der Waals surface area contributed by atoms with Crippen LogP contribution in [0.15, 0.2) is 36.4 Å². The molecule has 3 nitrogen and oxygen atoms in total. The maximum atomic E-state index is 12.5. The highest BCUT2D eigenvalue weighted by Gasteiger charge is 2.18. The van der Waals surface area contributed by atoms with E-state index >= 15 is 0 Å². The van der Waals surface area contributed by atoms with Crippen LogP contribution >= 0.6 is 46.7 Å². The summed E-state index contributed by atoms with van der Waals surface area (Å²) in [7, 11) is 1.49. The Hall–Kier alpha value is -1.01. The van der Waals surface area contributed by atoms with E-state index < -0.39 is 0 Å². The summed E-state index contributed by atoms with van der Waals surface area (Å²) in [6.07, 6.45) is 1.25. The molecule has 0 aromatic heterocycles. The molecule has 1 aliphatic heterocycles. The average Bonchev–Trinajstić information content (AvgIpc) is 2.62. The second kappa shape index (κ2) is 8.58. The lowest BCUT2D eigenvalue weighted by Crippen LogP contribution is -2.12.